The Kier molecular flexibility index (Phi) is 5.88. The number of hydrogen-bond acceptors (Lipinski definition) is 7. The number of nitrogens with one attached hydrogen (secondary N) is 1. The Morgan fingerprint density at radius 3 is 2.84 bits per heavy atom. The zero-order valence-electron chi connectivity index (χ0n) is 17.2. The molecular weight excluding hydrogens is 455 g/mol. The number of benzene rings is 2. The van der Waals surface area contributed by atoms with Gasteiger partial charge >= 0.3 is 0 Å². The smallest absolute Gasteiger partial charge is 0.146 e. The summed E-state index contributed by atoms with van der Waals surface area (Å²) < 4.78 is 42.5. The molecule has 1 N–H and O–H groups in total. The minimum Gasteiger partial charge on any atom is -0.486 e. The van der Waals surface area contributed by atoms with Gasteiger partial charge in [-0.15, -0.1) is 0 Å². The maximum absolute atomic E-state index is 13.9. The Bertz CT molecular complexity index is 1280. The summed E-state index contributed by atoms with van der Waals surface area (Å²) in [7, 11) is -2.23. The first-order valence-corrected chi connectivity index (χ1v) is 12.7. The fourth-order valence-electron chi connectivity index (χ4n) is 3.93. The molecule has 2 aliphatic rings. The van der Waals surface area contributed by atoms with E-state index in [1.165, 1.54) is 18.5 Å². The second-order valence-corrected chi connectivity index (χ2v) is 10.8. The molecule has 1 aromatic heterocycles. The lowest BCUT2D eigenvalue weighted by Crippen LogP contribution is -2.16. The van der Waals surface area contributed by atoms with Crippen LogP contribution in [0.2, 0.25) is 5.02 Å². The van der Waals surface area contributed by atoms with Crippen LogP contribution in [0.5, 0.6) is 5.75 Å². The molecule has 3 heterocycles. The van der Waals surface area contributed by atoms with Gasteiger partial charge in [-0.05, 0) is 37.1 Å². The van der Waals surface area contributed by atoms with Gasteiger partial charge in [0.05, 0.1) is 50.2 Å². The topological polar surface area (TPSA) is 85.7 Å². The number of rotatable bonds is 5. The molecule has 1 atom stereocenters. The predicted octanol–water partition coefficient (Wildman–Crippen LogP) is 5.23. The van der Waals surface area contributed by atoms with Crippen LogP contribution in [0.1, 0.15) is 19.3 Å². The second kappa shape index (κ2) is 8.80. The van der Waals surface area contributed by atoms with E-state index in [2.05, 4.69) is 19.6 Å². The van der Waals surface area contributed by atoms with Crippen molar-refractivity contribution in [1.82, 2.24) is 9.97 Å². The third kappa shape index (κ3) is 4.51. The van der Waals surface area contributed by atoms with Crippen LogP contribution in [-0.2, 0) is 14.5 Å². The Labute approximate surface area is 190 Å². The minimum absolute atomic E-state index is 0.134. The van der Waals surface area contributed by atoms with Gasteiger partial charge < -0.3 is 14.8 Å². The highest BCUT2D eigenvalue weighted by atomic mass is 35.5. The SMILES string of the molecule is O=S1(=Nc2cc(Cl)c3c(Nc4ccc(F)cc4O[C@H]4CCOC4)ncnc3c2)CCCC1. The maximum atomic E-state index is 13.9. The molecule has 0 unspecified atom stereocenters. The first-order chi connectivity index (χ1) is 15.5. The molecule has 0 radical (unpaired) electrons. The Morgan fingerprint density at radius 2 is 2.06 bits per heavy atom. The lowest BCUT2D eigenvalue weighted by molar-refractivity contribution is 0.141. The van der Waals surface area contributed by atoms with E-state index in [-0.39, 0.29) is 6.10 Å². The molecule has 2 fully saturated rings. The van der Waals surface area contributed by atoms with E-state index in [4.69, 9.17) is 21.1 Å². The van der Waals surface area contributed by atoms with Crippen molar-refractivity contribution in [2.75, 3.05) is 30.0 Å². The van der Waals surface area contributed by atoms with Crippen molar-refractivity contribution < 1.29 is 18.1 Å². The highest BCUT2D eigenvalue weighted by Crippen LogP contribution is 2.37. The summed E-state index contributed by atoms with van der Waals surface area (Å²) in [5.41, 5.74) is 1.67. The molecule has 5 rings (SSSR count). The second-order valence-electron chi connectivity index (χ2n) is 7.89. The molecule has 7 nitrogen and oxygen atoms in total. The van der Waals surface area contributed by atoms with Gasteiger partial charge in [0, 0.05) is 24.0 Å². The van der Waals surface area contributed by atoms with Gasteiger partial charge in [-0.1, -0.05) is 11.6 Å². The number of fused-ring (bicyclic) bond motifs is 1. The summed E-state index contributed by atoms with van der Waals surface area (Å²) in [6.45, 7) is 1.09. The van der Waals surface area contributed by atoms with E-state index in [1.54, 1.807) is 18.2 Å². The molecule has 0 saturated carbocycles. The predicted molar refractivity (Wildman–Crippen MR) is 123 cm³/mol. The van der Waals surface area contributed by atoms with Crippen molar-refractivity contribution in [2.45, 2.75) is 25.4 Å². The van der Waals surface area contributed by atoms with Crippen molar-refractivity contribution in [1.29, 1.82) is 0 Å². The minimum atomic E-state index is -2.23. The average molecular weight is 477 g/mol. The quantitative estimate of drug-likeness (QED) is 0.543. The van der Waals surface area contributed by atoms with Crippen LogP contribution in [0.4, 0.5) is 21.6 Å². The van der Waals surface area contributed by atoms with Crippen molar-refractivity contribution in [3.63, 3.8) is 0 Å². The standard InChI is InChI=1S/C22H22ClFN4O3S/c23-17-10-15(28-32(29)7-1-2-8-32)11-19-21(17)22(26-13-25-19)27-18-4-3-14(24)9-20(18)31-16-5-6-30-12-16/h3-4,9-11,13,16H,1-2,5-8,12H2,(H,25,26,27)/t16-/m0/s1. The van der Waals surface area contributed by atoms with Gasteiger partial charge in [0.25, 0.3) is 0 Å². The summed E-state index contributed by atoms with van der Waals surface area (Å²) in [4.78, 5) is 8.66. The Morgan fingerprint density at radius 1 is 1.22 bits per heavy atom. The highest BCUT2D eigenvalue weighted by molar-refractivity contribution is 7.93. The van der Waals surface area contributed by atoms with Gasteiger partial charge in [-0.3, -0.25) is 0 Å². The summed E-state index contributed by atoms with van der Waals surface area (Å²) in [6, 6.07) is 7.72. The molecule has 2 saturated heterocycles. The fraction of sp³-hybridized carbons (Fsp3) is 0.364. The molecule has 0 aliphatic carbocycles. The van der Waals surface area contributed by atoms with Crippen LogP contribution in [0.25, 0.3) is 10.9 Å². The summed E-state index contributed by atoms with van der Waals surface area (Å²) in [6.07, 6.45) is 3.87. The number of hydrogen-bond donors (Lipinski definition) is 1. The molecule has 0 bridgehead atoms. The molecule has 0 amide bonds. The number of ether oxygens (including phenoxy) is 2. The number of aromatic nitrogens is 2. The first-order valence-electron chi connectivity index (χ1n) is 10.5. The van der Waals surface area contributed by atoms with E-state index in [0.717, 1.165) is 19.3 Å². The molecule has 2 aliphatic heterocycles. The lowest BCUT2D eigenvalue weighted by atomic mass is 10.2. The number of halogens is 2. The summed E-state index contributed by atoms with van der Waals surface area (Å²) in [5.74, 6) is 1.64. The van der Waals surface area contributed by atoms with E-state index >= 15 is 0 Å². The van der Waals surface area contributed by atoms with Crippen molar-refractivity contribution in [3.05, 3.63) is 47.5 Å². The zero-order chi connectivity index (χ0) is 22.1. The van der Waals surface area contributed by atoms with E-state index in [1.807, 2.05) is 0 Å². The van der Waals surface area contributed by atoms with Crippen molar-refractivity contribution in [3.8, 4) is 5.75 Å². The summed E-state index contributed by atoms with van der Waals surface area (Å²) in [5, 5.41) is 4.18. The maximum Gasteiger partial charge on any atom is 0.146 e. The van der Waals surface area contributed by atoms with Crippen LogP contribution in [-0.4, -0.2) is 45.0 Å². The highest BCUT2D eigenvalue weighted by Gasteiger charge is 2.21. The van der Waals surface area contributed by atoms with E-state index in [9.17, 15) is 8.60 Å². The Balaban J connectivity index is 1.51. The van der Waals surface area contributed by atoms with Gasteiger partial charge in [-0.25, -0.2) is 18.6 Å². The van der Waals surface area contributed by atoms with Gasteiger partial charge in [0.15, 0.2) is 0 Å². The normalized spacial score (nSPS) is 19.9. The summed E-state index contributed by atoms with van der Waals surface area (Å²) >= 11 is 6.59. The van der Waals surface area contributed by atoms with E-state index in [0.29, 0.717) is 63.6 Å². The number of nitrogens with zero attached hydrogens (tertiary/aromatic N) is 3. The van der Waals surface area contributed by atoms with Crippen LogP contribution < -0.4 is 10.1 Å². The monoisotopic (exact) mass is 476 g/mol. The van der Waals surface area contributed by atoms with Crippen LogP contribution in [0.3, 0.4) is 0 Å². The molecule has 2 aromatic carbocycles. The lowest BCUT2D eigenvalue weighted by Gasteiger charge is -2.17. The third-order valence-electron chi connectivity index (χ3n) is 5.50. The molecule has 168 valence electrons. The van der Waals surface area contributed by atoms with Crippen molar-refractivity contribution in [2.24, 2.45) is 4.36 Å². The van der Waals surface area contributed by atoms with Gasteiger partial charge in [0.2, 0.25) is 0 Å². The molecule has 3 aromatic rings. The molecular formula is C22H22ClFN4O3S. The van der Waals surface area contributed by atoms with Gasteiger partial charge in [0.1, 0.15) is 29.8 Å². The number of anilines is 2. The van der Waals surface area contributed by atoms with Crippen LogP contribution in [0, 0.1) is 5.82 Å². The third-order valence-corrected chi connectivity index (χ3v) is 8.20. The first kappa shape index (κ1) is 21.4. The molecule has 32 heavy (non-hydrogen) atoms. The Hall–Kier alpha value is -2.49. The average Bonchev–Trinajstić information content (AvgIpc) is 3.42. The molecule has 10 heteroatoms. The largest absolute Gasteiger partial charge is 0.486 e. The van der Waals surface area contributed by atoms with Crippen LogP contribution in [0.15, 0.2) is 41.0 Å². The van der Waals surface area contributed by atoms with Gasteiger partial charge in [-0.2, -0.15) is 4.36 Å². The van der Waals surface area contributed by atoms with Crippen molar-refractivity contribution >= 4 is 49.4 Å². The fourth-order valence-corrected chi connectivity index (χ4v) is 6.41. The van der Waals surface area contributed by atoms with Crippen LogP contribution >= 0.6 is 11.6 Å². The van der Waals surface area contributed by atoms with E-state index < -0.39 is 15.5 Å². The zero-order valence-corrected chi connectivity index (χ0v) is 18.8. The molecule has 0 spiro atoms.